The van der Waals surface area contributed by atoms with E-state index in [9.17, 15) is 0 Å². The Kier molecular flexibility index (Phi) is 11.5. The molecular formula is C14H29N. The predicted molar refractivity (Wildman–Crippen MR) is 69.9 cm³/mol. The molecule has 0 bridgehead atoms. The van der Waals surface area contributed by atoms with Crippen LogP contribution in [-0.2, 0) is 0 Å². The van der Waals surface area contributed by atoms with Crippen LogP contribution in [0.15, 0.2) is 0 Å². The summed E-state index contributed by atoms with van der Waals surface area (Å²) in [7, 11) is 0. The molecule has 0 unspecified atom stereocenters. The minimum Gasteiger partial charge on any atom is -0.310 e. The molecule has 0 heterocycles. The first-order valence-corrected chi connectivity index (χ1v) is 6.87. The van der Waals surface area contributed by atoms with Gasteiger partial charge in [-0.3, -0.25) is 0 Å². The second-order valence-corrected chi connectivity index (χ2v) is 4.58. The lowest BCUT2D eigenvalue weighted by Gasteiger charge is -2.03. The quantitative estimate of drug-likeness (QED) is 0.352. The Morgan fingerprint density at radius 1 is 0.667 bits per heavy atom. The molecule has 90 valence electrons. The first-order valence-electron chi connectivity index (χ1n) is 6.87. The molecular weight excluding hydrogens is 182 g/mol. The Morgan fingerprint density at radius 2 is 1.07 bits per heavy atom. The van der Waals surface area contributed by atoms with Crippen molar-refractivity contribution in [3.8, 4) is 0 Å². The molecule has 0 aliphatic rings. The van der Waals surface area contributed by atoms with Crippen molar-refractivity contribution in [2.75, 3.05) is 0 Å². The summed E-state index contributed by atoms with van der Waals surface area (Å²) in [5.41, 5.74) is 0.989. The van der Waals surface area contributed by atoms with Crippen molar-refractivity contribution < 1.29 is 0 Å². The molecule has 0 aromatic rings. The molecule has 0 aromatic carbocycles. The Bertz CT molecular complexity index is 140. The maximum absolute atomic E-state index is 7.80. The van der Waals surface area contributed by atoms with Crippen LogP contribution in [0.2, 0.25) is 0 Å². The van der Waals surface area contributed by atoms with Crippen molar-refractivity contribution in [2.45, 2.75) is 84.5 Å². The van der Waals surface area contributed by atoms with Gasteiger partial charge in [0.15, 0.2) is 0 Å². The van der Waals surface area contributed by atoms with Crippen LogP contribution in [-0.4, -0.2) is 5.71 Å². The predicted octanol–water partition coefficient (Wildman–Crippen LogP) is 5.34. The summed E-state index contributed by atoms with van der Waals surface area (Å²) in [5, 5.41) is 7.80. The number of nitrogens with one attached hydrogen (secondary N) is 1. The summed E-state index contributed by atoms with van der Waals surface area (Å²) in [6.07, 6.45) is 13.9. The summed E-state index contributed by atoms with van der Waals surface area (Å²) >= 11 is 0. The van der Waals surface area contributed by atoms with Gasteiger partial charge < -0.3 is 5.41 Å². The molecule has 0 rings (SSSR count). The van der Waals surface area contributed by atoms with Crippen molar-refractivity contribution in [3.05, 3.63) is 0 Å². The highest BCUT2D eigenvalue weighted by atomic mass is 14.4. The normalized spacial score (nSPS) is 10.5. The van der Waals surface area contributed by atoms with Gasteiger partial charge in [-0.1, -0.05) is 58.8 Å². The maximum atomic E-state index is 7.80. The van der Waals surface area contributed by atoms with Crippen LogP contribution in [0.5, 0.6) is 0 Å². The van der Waals surface area contributed by atoms with Crippen molar-refractivity contribution in [2.24, 2.45) is 0 Å². The standard InChI is InChI=1S/C14H29N/c1-3-5-7-9-11-13-14(15)12-10-8-6-4-2/h15H,3-13H2,1-2H3. The van der Waals surface area contributed by atoms with Gasteiger partial charge in [-0.2, -0.15) is 0 Å². The van der Waals surface area contributed by atoms with Gasteiger partial charge in [0.2, 0.25) is 0 Å². The zero-order valence-corrected chi connectivity index (χ0v) is 10.8. The average molecular weight is 211 g/mol. The van der Waals surface area contributed by atoms with E-state index in [2.05, 4.69) is 13.8 Å². The van der Waals surface area contributed by atoms with E-state index in [0.29, 0.717) is 0 Å². The summed E-state index contributed by atoms with van der Waals surface area (Å²) in [5.74, 6) is 0. The molecule has 0 aromatic heterocycles. The first kappa shape index (κ1) is 14.7. The molecule has 0 spiro atoms. The second kappa shape index (κ2) is 11.7. The lowest BCUT2D eigenvalue weighted by molar-refractivity contribution is 0.635. The fourth-order valence-corrected chi connectivity index (χ4v) is 1.83. The van der Waals surface area contributed by atoms with Crippen molar-refractivity contribution >= 4 is 5.71 Å². The Labute approximate surface area is 96.2 Å². The Morgan fingerprint density at radius 3 is 1.53 bits per heavy atom. The monoisotopic (exact) mass is 211 g/mol. The summed E-state index contributed by atoms with van der Waals surface area (Å²) < 4.78 is 0. The van der Waals surface area contributed by atoms with E-state index in [1.54, 1.807) is 0 Å². The highest BCUT2D eigenvalue weighted by Crippen LogP contribution is 2.09. The van der Waals surface area contributed by atoms with E-state index in [1.807, 2.05) is 0 Å². The number of hydrogen-bond donors (Lipinski definition) is 1. The van der Waals surface area contributed by atoms with Gasteiger partial charge >= 0.3 is 0 Å². The number of rotatable bonds is 11. The summed E-state index contributed by atoms with van der Waals surface area (Å²) in [6.45, 7) is 4.48. The van der Waals surface area contributed by atoms with E-state index in [-0.39, 0.29) is 0 Å². The topological polar surface area (TPSA) is 23.9 Å². The molecule has 15 heavy (non-hydrogen) atoms. The fourth-order valence-electron chi connectivity index (χ4n) is 1.83. The third kappa shape index (κ3) is 11.6. The fraction of sp³-hybridized carbons (Fsp3) is 0.929. The van der Waals surface area contributed by atoms with E-state index in [0.717, 1.165) is 18.6 Å². The number of unbranched alkanes of at least 4 members (excludes halogenated alkanes) is 7. The van der Waals surface area contributed by atoms with E-state index in [4.69, 9.17) is 5.41 Å². The van der Waals surface area contributed by atoms with E-state index < -0.39 is 0 Å². The molecule has 0 radical (unpaired) electrons. The molecule has 0 fully saturated rings. The first-order chi connectivity index (χ1) is 7.31. The molecule has 0 aliphatic heterocycles. The minimum absolute atomic E-state index is 0.989. The number of hydrogen-bond acceptors (Lipinski definition) is 1. The van der Waals surface area contributed by atoms with Gasteiger partial charge in [0.1, 0.15) is 0 Å². The van der Waals surface area contributed by atoms with Gasteiger partial charge in [0, 0.05) is 5.71 Å². The summed E-state index contributed by atoms with van der Waals surface area (Å²) in [4.78, 5) is 0. The third-order valence-electron chi connectivity index (χ3n) is 2.91. The van der Waals surface area contributed by atoms with Crippen LogP contribution in [0.4, 0.5) is 0 Å². The molecule has 0 saturated carbocycles. The molecule has 0 aliphatic carbocycles. The van der Waals surface area contributed by atoms with Gasteiger partial charge in [0.25, 0.3) is 0 Å². The maximum Gasteiger partial charge on any atom is 0.00891 e. The lowest BCUT2D eigenvalue weighted by atomic mass is 10.0. The molecule has 0 amide bonds. The third-order valence-corrected chi connectivity index (χ3v) is 2.91. The SMILES string of the molecule is CCCCCCCC(=N)CCCCCC. The minimum atomic E-state index is 0.989. The largest absolute Gasteiger partial charge is 0.310 e. The average Bonchev–Trinajstić information content (AvgIpc) is 2.24. The molecule has 1 N–H and O–H groups in total. The summed E-state index contributed by atoms with van der Waals surface area (Å²) in [6, 6.07) is 0. The van der Waals surface area contributed by atoms with E-state index in [1.165, 1.54) is 57.8 Å². The zero-order chi connectivity index (χ0) is 11.4. The van der Waals surface area contributed by atoms with Crippen LogP contribution in [0, 0.1) is 5.41 Å². The smallest absolute Gasteiger partial charge is 0.00891 e. The highest BCUT2D eigenvalue weighted by Gasteiger charge is 1.97. The van der Waals surface area contributed by atoms with Crippen LogP contribution in [0.1, 0.15) is 84.5 Å². The van der Waals surface area contributed by atoms with Crippen LogP contribution in [0.25, 0.3) is 0 Å². The van der Waals surface area contributed by atoms with Gasteiger partial charge in [-0.25, -0.2) is 0 Å². The lowest BCUT2D eigenvalue weighted by Crippen LogP contribution is -1.96. The van der Waals surface area contributed by atoms with Gasteiger partial charge in [-0.05, 0) is 25.7 Å². The molecule has 1 heteroatoms. The van der Waals surface area contributed by atoms with Crippen molar-refractivity contribution in [3.63, 3.8) is 0 Å². The van der Waals surface area contributed by atoms with Gasteiger partial charge in [-0.15, -0.1) is 0 Å². The Hall–Kier alpha value is -0.330. The highest BCUT2D eigenvalue weighted by molar-refractivity contribution is 5.81. The Balaban J connectivity index is 3.11. The van der Waals surface area contributed by atoms with Crippen molar-refractivity contribution in [1.82, 2.24) is 0 Å². The molecule has 0 saturated heterocycles. The van der Waals surface area contributed by atoms with Gasteiger partial charge in [0.05, 0.1) is 0 Å². The van der Waals surface area contributed by atoms with Crippen LogP contribution >= 0.6 is 0 Å². The van der Waals surface area contributed by atoms with Crippen LogP contribution in [0.3, 0.4) is 0 Å². The zero-order valence-electron chi connectivity index (χ0n) is 10.8. The molecule has 1 nitrogen and oxygen atoms in total. The molecule has 0 atom stereocenters. The second-order valence-electron chi connectivity index (χ2n) is 4.58. The van der Waals surface area contributed by atoms with E-state index >= 15 is 0 Å². The van der Waals surface area contributed by atoms with Crippen LogP contribution < -0.4 is 0 Å². The van der Waals surface area contributed by atoms with Crippen molar-refractivity contribution in [1.29, 1.82) is 5.41 Å².